The van der Waals surface area contributed by atoms with Gasteiger partial charge in [-0.1, -0.05) is 23.4 Å². The molecular weight excluding hydrogens is 307 g/mol. The molecule has 0 N–H and O–H groups in total. The molecule has 1 atom stereocenters. The Balaban J connectivity index is 1.65. The standard InChI is InChI=1S/C19H15FN2O2/c1-12-10-14-4-2-3-5-17(14)22(12)19(23)16-11-18(24-21-16)13-6-8-15(20)9-7-13/h2-9,11-12H,10H2,1H3/t12-/m1/s1. The second-order valence-corrected chi connectivity index (χ2v) is 5.94. The summed E-state index contributed by atoms with van der Waals surface area (Å²) >= 11 is 0. The number of rotatable bonds is 2. The summed E-state index contributed by atoms with van der Waals surface area (Å²) in [5.41, 5.74) is 3.00. The van der Waals surface area contributed by atoms with Crippen molar-refractivity contribution in [3.05, 3.63) is 71.7 Å². The normalized spacial score (nSPS) is 16.2. The first-order chi connectivity index (χ1) is 11.6. The first-order valence-corrected chi connectivity index (χ1v) is 7.77. The molecule has 4 nitrogen and oxygen atoms in total. The summed E-state index contributed by atoms with van der Waals surface area (Å²) in [6.07, 6.45) is 0.824. The molecule has 3 aromatic rings. The fraction of sp³-hybridized carbons (Fsp3) is 0.158. The molecule has 0 spiro atoms. The van der Waals surface area contributed by atoms with Crippen LogP contribution in [0.1, 0.15) is 23.0 Å². The smallest absolute Gasteiger partial charge is 0.280 e. The molecule has 0 unspecified atom stereocenters. The van der Waals surface area contributed by atoms with Crippen molar-refractivity contribution < 1.29 is 13.7 Å². The first-order valence-electron chi connectivity index (χ1n) is 7.77. The maximum Gasteiger partial charge on any atom is 0.280 e. The Bertz CT molecular complexity index is 902. The van der Waals surface area contributed by atoms with E-state index in [9.17, 15) is 9.18 Å². The highest BCUT2D eigenvalue weighted by atomic mass is 19.1. The van der Waals surface area contributed by atoms with E-state index in [1.165, 1.54) is 12.1 Å². The predicted molar refractivity (Wildman–Crippen MR) is 88.3 cm³/mol. The molecule has 4 rings (SSSR count). The van der Waals surface area contributed by atoms with Crippen LogP contribution in [0.3, 0.4) is 0 Å². The van der Waals surface area contributed by atoms with E-state index in [4.69, 9.17) is 4.52 Å². The molecule has 120 valence electrons. The summed E-state index contributed by atoms with van der Waals surface area (Å²) in [5.74, 6) is -0.0693. The van der Waals surface area contributed by atoms with Crippen LogP contribution in [0.15, 0.2) is 59.1 Å². The molecule has 1 amide bonds. The van der Waals surface area contributed by atoms with E-state index in [-0.39, 0.29) is 23.5 Å². The Hall–Kier alpha value is -2.95. The molecule has 1 aliphatic rings. The molecule has 1 aromatic heterocycles. The minimum absolute atomic E-state index is 0.0703. The minimum atomic E-state index is -0.322. The van der Waals surface area contributed by atoms with Crippen molar-refractivity contribution >= 4 is 11.6 Å². The maximum absolute atomic E-state index is 13.0. The molecule has 0 bridgehead atoms. The molecular formula is C19H15FN2O2. The lowest BCUT2D eigenvalue weighted by atomic mass is 10.1. The molecule has 0 aliphatic carbocycles. The van der Waals surface area contributed by atoms with Crippen LogP contribution in [0.25, 0.3) is 11.3 Å². The Morgan fingerprint density at radius 2 is 1.96 bits per heavy atom. The van der Waals surface area contributed by atoms with E-state index < -0.39 is 0 Å². The van der Waals surface area contributed by atoms with Crippen LogP contribution < -0.4 is 4.90 Å². The number of carbonyl (C=O) groups is 1. The van der Waals surface area contributed by atoms with Crippen LogP contribution in [0.5, 0.6) is 0 Å². The van der Waals surface area contributed by atoms with E-state index in [1.807, 2.05) is 31.2 Å². The van der Waals surface area contributed by atoms with Crippen molar-refractivity contribution in [2.75, 3.05) is 4.90 Å². The summed E-state index contributed by atoms with van der Waals surface area (Å²) in [6, 6.07) is 15.4. The highest BCUT2D eigenvalue weighted by Crippen LogP contribution is 2.33. The van der Waals surface area contributed by atoms with Gasteiger partial charge in [-0.2, -0.15) is 0 Å². The number of halogens is 1. The Labute approximate surface area is 138 Å². The summed E-state index contributed by atoms with van der Waals surface area (Å²) < 4.78 is 18.3. The largest absolute Gasteiger partial charge is 0.355 e. The molecule has 2 heterocycles. The molecule has 1 aliphatic heterocycles. The molecule has 5 heteroatoms. The van der Waals surface area contributed by atoms with Gasteiger partial charge in [0.2, 0.25) is 0 Å². The number of fused-ring (bicyclic) bond motifs is 1. The van der Waals surface area contributed by atoms with Crippen molar-refractivity contribution in [1.82, 2.24) is 5.16 Å². The second kappa shape index (κ2) is 5.60. The van der Waals surface area contributed by atoms with Gasteiger partial charge in [0.05, 0.1) is 0 Å². The van der Waals surface area contributed by atoms with Gasteiger partial charge in [-0.3, -0.25) is 4.79 Å². The number of nitrogens with zero attached hydrogens (tertiary/aromatic N) is 2. The number of aromatic nitrogens is 1. The quantitative estimate of drug-likeness (QED) is 0.714. The number of hydrogen-bond acceptors (Lipinski definition) is 3. The molecule has 2 aromatic carbocycles. The zero-order valence-corrected chi connectivity index (χ0v) is 13.1. The van der Waals surface area contributed by atoms with Crippen molar-refractivity contribution in [1.29, 1.82) is 0 Å². The Morgan fingerprint density at radius 1 is 1.21 bits per heavy atom. The fourth-order valence-corrected chi connectivity index (χ4v) is 3.12. The highest BCUT2D eigenvalue weighted by Gasteiger charge is 2.32. The van der Waals surface area contributed by atoms with Crippen molar-refractivity contribution in [3.63, 3.8) is 0 Å². The van der Waals surface area contributed by atoms with E-state index in [0.29, 0.717) is 11.3 Å². The van der Waals surface area contributed by atoms with Gasteiger partial charge in [0.25, 0.3) is 5.91 Å². The second-order valence-electron chi connectivity index (χ2n) is 5.94. The van der Waals surface area contributed by atoms with Crippen molar-refractivity contribution in [3.8, 4) is 11.3 Å². The minimum Gasteiger partial charge on any atom is -0.355 e. The van der Waals surface area contributed by atoms with Crippen molar-refractivity contribution in [2.24, 2.45) is 0 Å². The van der Waals surface area contributed by atoms with Gasteiger partial charge in [-0.05, 0) is 49.2 Å². The third kappa shape index (κ3) is 2.38. The van der Waals surface area contributed by atoms with Crippen molar-refractivity contribution in [2.45, 2.75) is 19.4 Å². The third-order valence-corrected chi connectivity index (χ3v) is 4.28. The van der Waals surface area contributed by atoms with Gasteiger partial charge in [0, 0.05) is 23.4 Å². The fourth-order valence-electron chi connectivity index (χ4n) is 3.12. The summed E-state index contributed by atoms with van der Waals surface area (Å²) in [6.45, 7) is 2.01. The predicted octanol–water partition coefficient (Wildman–Crippen LogP) is 4.07. The van der Waals surface area contributed by atoms with E-state index >= 15 is 0 Å². The number of para-hydroxylation sites is 1. The van der Waals surface area contributed by atoms with Crippen LogP contribution in [0, 0.1) is 5.82 Å². The van der Waals surface area contributed by atoms with E-state index in [2.05, 4.69) is 5.16 Å². The SMILES string of the molecule is C[C@@H]1Cc2ccccc2N1C(=O)c1cc(-c2ccc(F)cc2)on1. The zero-order valence-electron chi connectivity index (χ0n) is 13.1. The molecule has 0 radical (unpaired) electrons. The van der Waals surface area contributed by atoms with Gasteiger partial charge in [-0.15, -0.1) is 0 Å². The van der Waals surface area contributed by atoms with Gasteiger partial charge in [0.1, 0.15) is 5.82 Å². The average molecular weight is 322 g/mol. The van der Waals surface area contributed by atoms with Crippen LogP contribution in [0.4, 0.5) is 10.1 Å². The lowest BCUT2D eigenvalue weighted by molar-refractivity contribution is 0.0973. The summed E-state index contributed by atoms with van der Waals surface area (Å²) in [4.78, 5) is 14.6. The van der Waals surface area contributed by atoms with Crippen LogP contribution in [-0.4, -0.2) is 17.1 Å². The van der Waals surface area contributed by atoms with Gasteiger partial charge in [0.15, 0.2) is 11.5 Å². The monoisotopic (exact) mass is 322 g/mol. The number of carbonyl (C=O) groups excluding carboxylic acids is 1. The lowest BCUT2D eigenvalue weighted by Gasteiger charge is -2.21. The summed E-state index contributed by atoms with van der Waals surface area (Å²) in [5, 5.41) is 3.91. The number of benzene rings is 2. The third-order valence-electron chi connectivity index (χ3n) is 4.28. The van der Waals surface area contributed by atoms with E-state index in [1.54, 1.807) is 23.1 Å². The molecule has 0 fully saturated rings. The average Bonchev–Trinajstić information content (AvgIpc) is 3.19. The Kier molecular flexibility index (Phi) is 3.41. The first kappa shape index (κ1) is 14.6. The topological polar surface area (TPSA) is 46.3 Å². The molecule has 24 heavy (non-hydrogen) atoms. The van der Waals surface area contributed by atoms with Crippen LogP contribution in [0.2, 0.25) is 0 Å². The van der Waals surface area contributed by atoms with E-state index in [0.717, 1.165) is 17.7 Å². The Morgan fingerprint density at radius 3 is 2.75 bits per heavy atom. The van der Waals surface area contributed by atoms with Gasteiger partial charge >= 0.3 is 0 Å². The van der Waals surface area contributed by atoms with Crippen LogP contribution in [-0.2, 0) is 6.42 Å². The van der Waals surface area contributed by atoms with Crippen LogP contribution >= 0.6 is 0 Å². The highest BCUT2D eigenvalue weighted by molar-refractivity contribution is 6.06. The summed E-state index contributed by atoms with van der Waals surface area (Å²) in [7, 11) is 0. The number of hydrogen-bond donors (Lipinski definition) is 0. The maximum atomic E-state index is 13.0. The lowest BCUT2D eigenvalue weighted by Crippen LogP contribution is -2.35. The number of amides is 1. The zero-order chi connectivity index (χ0) is 16.7. The van der Waals surface area contributed by atoms with Gasteiger partial charge in [-0.25, -0.2) is 4.39 Å². The van der Waals surface area contributed by atoms with Gasteiger partial charge < -0.3 is 9.42 Å². The molecule has 0 saturated heterocycles. The number of anilines is 1. The molecule has 0 saturated carbocycles.